The largest absolute Gasteiger partial charge is 0.322 e. The Balaban J connectivity index is 1.57. The Labute approximate surface area is 162 Å². The molecule has 3 nitrogen and oxygen atoms in total. The molecule has 3 aromatic carbocycles. The van der Waals surface area contributed by atoms with Gasteiger partial charge in [-0.1, -0.05) is 54.6 Å². The Morgan fingerprint density at radius 1 is 1.00 bits per heavy atom. The van der Waals surface area contributed by atoms with Crippen LogP contribution >= 0.6 is 11.3 Å². The fraction of sp³-hybridized carbons (Fsp3) is 0.0435. The summed E-state index contributed by atoms with van der Waals surface area (Å²) in [5, 5.41) is 3.93. The third-order valence-electron chi connectivity index (χ3n) is 4.26. The molecule has 0 fully saturated rings. The van der Waals surface area contributed by atoms with E-state index in [-0.39, 0.29) is 5.91 Å². The SMILES string of the molecule is Cc1ccc(-c2nc3ccccc3s2)cc1NC(=O)C=Cc1ccccc1. The number of fused-ring (bicyclic) bond motifs is 1. The Morgan fingerprint density at radius 3 is 2.59 bits per heavy atom. The van der Waals surface area contributed by atoms with Gasteiger partial charge in [-0.05, 0) is 42.3 Å². The summed E-state index contributed by atoms with van der Waals surface area (Å²) in [7, 11) is 0. The highest BCUT2D eigenvalue weighted by atomic mass is 32.1. The fourth-order valence-corrected chi connectivity index (χ4v) is 3.76. The zero-order valence-corrected chi connectivity index (χ0v) is 15.7. The molecule has 1 amide bonds. The van der Waals surface area contributed by atoms with Crippen molar-refractivity contribution in [3.63, 3.8) is 0 Å². The molecule has 4 rings (SSSR count). The van der Waals surface area contributed by atoms with E-state index in [0.717, 1.165) is 37.6 Å². The van der Waals surface area contributed by atoms with E-state index in [9.17, 15) is 4.79 Å². The zero-order valence-electron chi connectivity index (χ0n) is 14.8. The van der Waals surface area contributed by atoms with E-state index in [1.165, 1.54) is 0 Å². The highest BCUT2D eigenvalue weighted by molar-refractivity contribution is 7.21. The van der Waals surface area contributed by atoms with Gasteiger partial charge in [0, 0.05) is 17.3 Å². The number of thiazole rings is 1. The number of aryl methyl sites for hydroxylation is 1. The molecule has 0 aliphatic carbocycles. The van der Waals surface area contributed by atoms with Crippen LogP contribution in [0.3, 0.4) is 0 Å². The molecular formula is C23H18N2OS. The van der Waals surface area contributed by atoms with Gasteiger partial charge in [0.15, 0.2) is 0 Å². The topological polar surface area (TPSA) is 42.0 Å². The smallest absolute Gasteiger partial charge is 0.248 e. The number of nitrogens with one attached hydrogen (secondary N) is 1. The summed E-state index contributed by atoms with van der Waals surface area (Å²) in [6.45, 7) is 1.98. The maximum Gasteiger partial charge on any atom is 0.248 e. The lowest BCUT2D eigenvalue weighted by molar-refractivity contribution is -0.111. The summed E-state index contributed by atoms with van der Waals surface area (Å²) in [5.74, 6) is -0.150. The maximum absolute atomic E-state index is 12.3. The summed E-state index contributed by atoms with van der Waals surface area (Å²) in [4.78, 5) is 17.0. The monoisotopic (exact) mass is 370 g/mol. The summed E-state index contributed by atoms with van der Waals surface area (Å²) >= 11 is 1.65. The second kappa shape index (κ2) is 7.56. The van der Waals surface area contributed by atoms with Crippen molar-refractivity contribution in [2.45, 2.75) is 6.92 Å². The van der Waals surface area contributed by atoms with Crippen LogP contribution in [0.2, 0.25) is 0 Å². The van der Waals surface area contributed by atoms with Crippen molar-refractivity contribution in [3.8, 4) is 10.6 Å². The van der Waals surface area contributed by atoms with E-state index in [0.29, 0.717) is 0 Å². The molecule has 0 unspecified atom stereocenters. The number of para-hydroxylation sites is 1. The van der Waals surface area contributed by atoms with Crippen LogP contribution in [0.5, 0.6) is 0 Å². The Hall–Kier alpha value is -3.24. The molecule has 132 valence electrons. The number of carbonyl (C=O) groups is 1. The molecule has 4 heteroatoms. The van der Waals surface area contributed by atoms with E-state index in [1.54, 1.807) is 17.4 Å². The van der Waals surface area contributed by atoms with Crippen LogP contribution < -0.4 is 5.32 Å². The Kier molecular flexibility index (Phi) is 4.81. The molecule has 0 atom stereocenters. The highest BCUT2D eigenvalue weighted by Crippen LogP contribution is 2.32. The minimum absolute atomic E-state index is 0.150. The first-order valence-electron chi connectivity index (χ1n) is 8.70. The quantitative estimate of drug-likeness (QED) is 0.453. The van der Waals surface area contributed by atoms with Gasteiger partial charge in [0.05, 0.1) is 10.2 Å². The molecule has 0 radical (unpaired) electrons. The number of nitrogens with zero attached hydrogens (tertiary/aromatic N) is 1. The van der Waals surface area contributed by atoms with Crippen LogP contribution in [0.1, 0.15) is 11.1 Å². The van der Waals surface area contributed by atoms with Crippen LogP contribution in [-0.2, 0) is 4.79 Å². The van der Waals surface area contributed by atoms with Gasteiger partial charge in [-0.3, -0.25) is 4.79 Å². The molecule has 0 spiro atoms. The molecule has 0 bridgehead atoms. The van der Waals surface area contributed by atoms with E-state index in [1.807, 2.05) is 79.7 Å². The number of aromatic nitrogens is 1. The molecule has 0 aliphatic heterocycles. The lowest BCUT2D eigenvalue weighted by Crippen LogP contribution is -2.09. The van der Waals surface area contributed by atoms with E-state index in [4.69, 9.17) is 4.98 Å². The van der Waals surface area contributed by atoms with Gasteiger partial charge in [-0.15, -0.1) is 11.3 Å². The van der Waals surface area contributed by atoms with Crippen LogP contribution in [0.15, 0.2) is 78.9 Å². The number of rotatable bonds is 4. The first kappa shape index (κ1) is 17.2. The molecule has 0 saturated carbocycles. The fourth-order valence-electron chi connectivity index (χ4n) is 2.80. The maximum atomic E-state index is 12.3. The number of hydrogen-bond acceptors (Lipinski definition) is 3. The molecular weight excluding hydrogens is 352 g/mol. The van der Waals surface area contributed by atoms with Crippen LogP contribution in [-0.4, -0.2) is 10.9 Å². The molecule has 1 N–H and O–H groups in total. The zero-order chi connectivity index (χ0) is 18.6. The minimum atomic E-state index is -0.150. The van der Waals surface area contributed by atoms with Gasteiger partial charge in [0.1, 0.15) is 5.01 Å². The molecule has 4 aromatic rings. The van der Waals surface area contributed by atoms with Crippen LogP contribution in [0, 0.1) is 6.92 Å². The van der Waals surface area contributed by atoms with Gasteiger partial charge in [-0.2, -0.15) is 0 Å². The normalized spacial score (nSPS) is 11.1. The first-order valence-corrected chi connectivity index (χ1v) is 9.51. The second-order valence-electron chi connectivity index (χ2n) is 6.25. The second-order valence-corrected chi connectivity index (χ2v) is 7.28. The van der Waals surface area contributed by atoms with Gasteiger partial charge in [0.25, 0.3) is 0 Å². The summed E-state index contributed by atoms with van der Waals surface area (Å²) in [6.07, 6.45) is 3.36. The van der Waals surface area contributed by atoms with Gasteiger partial charge >= 0.3 is 0 Å². The van der Waals surface area contributed by atoms with Crippen molar-refractivity contribution in [2.75, 3.05) is 5.32 Å². The molecule has 1 aromatic heterocycles. The number of anilines is 1. The molecule has 0 aliphatic rings. The summed E-state index contributed by atoms with van der Waals surface area (Å²) in [6, 6.07) is 23.9. The van der Waals surface area contributed by atoms with E-state index < -0.39 is 0 Å². The van der Waals surface area contributed by atoms with Crippen LogP contribution in [0.25, 0.3) is 26.9 Å². The van der Waals surface area contributed by atoms with Crippen molar-refractivity contribution in [1.29, 1.82) is 0 Å². The predicted molar refractivity (Wildman–Crippen MR) is 114 cm³/mol. The van der Waals surface area contributed by atoms with Crippen molar-refractivity contribution >= 4 is 39.2 Å². The molecule has 1 heterocycles. The van der Waals surface area contributed by atoms with Crippen molar-refractivity contribution in [1.82, 2.24) is 4.98 Å². The number of benzene rings is 3. The van der Waals surface area contributed by atoms with Crippen LogP contribution in [0.4, 0.5) is 5.69 Å². The first-order chi connectivity index (χ1) is 13.2. The Bertz CT molecular complexity index is 1100. The number of amides is 1. The number of hydrogen-bond donors (Lipinski definition) is 1. The van der Waals surface area contributed by atoms with Gasteiger partial charge in [0.2, 0.25) is 5.91 Å². The Morgan fingerprint density at radius 2 is 1.78 bits per heavy atom. The molecule has 27 heavy (non-hydrogen) atoms. The lowest BCUT2D eigenvalue weighted by atomic mass is 10.1. The van der Waals surface area contributed by atoms with E-state index >= 15 is 0 Å². The lowest BCUT2D eigenvalue weighted by Gasteiger charge is -2.08. The van der Waals surface area contributed by atoms with Crippen molar-refractivity contribution in [2.24, 2.45) is 0 Å². The third-order valence-corrected chi connectivity index (χ3v) is 5.35. The van der Waals surface area contributed by atoms with Gasteiger partial charge < -0.3 is 5.32 Å². The summed E-state index contributed by atoms with van der Waals surface area (Å²) < 4.78 is 1.16. The average molecular weight is 370 g/mol. The van der Waals surface area contributed by atoms with Gasteiger partial charge in [-0.25, -0.2) is 4.98 Å². The highest BCUT2D eigenvalue weighted by Gasteiger charge is 2.09. The van der Waals surface area contributed by atoms with E-state index in [2.05, 4.69) is 11.4 Å². The molecule has 0 saturated heterocycles. The minimum Gasteiger partial charge on any atom is -0.322 e. The third kappa shape index (κ3) is 3.96. The van der Waals surface area contributed by atoms with Crippen molar-refractivity contribution < 1.29 is 4.79 Å². The average Bonchev–Trinajstić information content (AvgIpc) is 3.13. The standard InChI is InChI=1S/C23H18N2OS/c1-16-11-13-18(23-25-19-9-5-6-10-21(19)27-23)15-20(16)24-22(26)14-12-17-7-3-2-4-8-17/h2-15H,1H3,(H,24,26). The summed E-state index contributed by atoms with van der Waals surface area (Å²) in [5.41, 5.74) is 4.81. The van der Waals surface area contributed by atoms with Crippen molar-refractivity contribution in [3.05, 3.63) is 90.0 Å². The number of carbonyl (C=O) groups excluding carboxylic acids is 1. The predicted octanol–water partition coefficient (Wildman–Crippen LogP) is 5.92.